The summed E-state index contributed by atoms with van der Waals surface area (Å²) in [4.78, 5) is 12.9. The molecule has 92 valence electrons. The molecule has 0 aromatic carbocycles. The summed E-state index contributed by atoms with van der Waals surface area (Å²) in [6, 6.07) is 0. The van der Waals surface area contributed by atoms with Crippen LogP contribution in [-0.4, -0.2) is 35.1 Å². The summed E-state index contributed by atoms with van der Waals surface area (Å²) in [5.74, 6) is 0.192. The van der Waals surface area contributed by atoms with Crippen LogP contribution in [-0.2, 0) is 4.79 Å². The lowest BCUT2D eigenvalue weighted by Gasteiger charge is -2.38. The average molecular weight is 225 g/mol. The van der Waals surface area contributed by atoms with Gasteiger partial charge < -0.3 is 10.0 Å². The van der Waals surface area contributed by atoms with Crippen LogP contribution in [0, 0.1) is 5.92 Å². The minimum absolute atomic E-state index is 0.129. The summed E-state index contributed by atoms with van der Waals surface area (Å²) < 4.78 is 0. The highest BCUT2D eigenvalue weighted by molar-refractivity contribution is 5.86. The first-order valence-electron chi connectivity index (χ1n) is 6.07. The van der Waals surface area contributed by atoms with Crippen molar-refractivity contribution in [2.45, 2.75) is 44.6 Å². The molecular weight excluding hydrogens is 202 g/mol. The van der Waals surface area contributed by atoms with Gasteiger partial charge in [-0.25, -0.2) is 0 Å². The number of hydrogen-bond acceptors (Lipinski definition) is 2. The predicted molar refractivity (Wildman–Crippen MR) is 65.0 cm³/mol. The zero-order valence-electron chi connectivity index (χ0n) is 10.4. The lowest BCUT2D eigenvalue weighted by atomic mass is 9.77. The fourth-order valence-electron chi connectivity index (χ4n) is 2.57. The first-order valence-corrected chi connectivity index (χ1v) is 6.07. The normalized spacial score (nSPS) is 21.2. The molecule has 0 aromatic heterocycles. The summed E-state index contributed by atoms with van der Waals surface area (Å²) in [5.41, 5.74) is -0.770. The van der Waals surface area contributed by atoms with Crippen LogP contribution < -0.4 is 0 Å². The van der Waals surface area contributed by atoms with E-state index in [-0.39, 0.29) is 5.91 Å². The largest absolute Gasteiger partial charge is 0.388 e. The standard InChI is InChI=1S/C13H23NO2/c1-4-12(15)14(3)10-13(2,16)11-8-6-5-7-9-11/h4,11,16H,1,5-10H2,2-3H3. The van der Waals surface area contributed by atoms with Crippen LogP contribution in [0.25, 0.3) is 0 Å². The summed E-state index contributed by atoms with van der Waals surface area (Å²) in [6.07, 6.45) is 7.09. The SMILES string of the molecule is C=CC(=O)N(C)CC(C)(O)C1CCCCC1. The Bertz CT molecular complexity index is 255. The van der Waals surface area contributed by atoms with E-state index in [1.165, 1.54) is 25.3 Å². The third-order valence-electron chi connectivity index (χ3n) is 3.59. The second-order valence-electron chi connectivity index (χ2n) is 5.09. The van der Waals surface area contributed by atoms with Crippen molar-refractivity contribution < 1.29 is 9.90 Å². The summed E-state index contributed by atoms with van der Waals surface area (Å²) >= 11 is 0. The Morgan fingerprint density at radius 3 is 2.56 bits per heavy atom. The molecule has 1 aliphatic carbocycles. The van der Waals surface area contributed by atoms with Gasteiger partial charge in [0.15, 0.2) is 0 Å². The van der Waals surface area contributed by atoms with Gasteiger partial charge in [0.05, 0.1) is 5.60 Å². The number of carbonyl (C=O) groups is 1. The van der Waals surface area contributed by atoms with Gasteiger partial charge in [-0.15, -0.1) is 0 Å². The number of hydrogen-bond donors (Lipinski definition) is 1. The van der Waals surface area contributed by atoms with Crippen LogP contribution >= 0.6 is 0 Å². The zero-order valence-corrected chi connectivity index (χ0v) is 10.4. The first kappa shape index (κ1) is 13.2. The fraction of sp³-hybridized carbons (Fsp3) is 0.769. The van der Waals surface area contributed by atoms with Gasteiger partial charge in [0.25, 0.3) is 0 Å². The van der Waals surface area contributed by atoms with E-state index in [4.69, 9.17) is 0 Å². The van der Waals surface area contributed by atoms with E-state index < -0.39 is 5.60 Å². The molecule has 0 spiro atoms. The van der Waals surface area contributed by atoms with Gasteiger partial charge in [0.2, 0.25) is 5.91 Å². The Morgan fingerprint density at radius 2 is 2.06 bits per heavy atom. The highest BCUT2D eigenvalue weighted by atomic mass is 16.3. The van der Waals surface area contributed by atoms with Crippen LogP contribution in [0.3, 0.4) is 0 Å². The maximum Gasteiger partial charge on any atom is 0.245 e. The molecule has 0 radical (unpaired) electrons. The maximum absolute atomic E-state index is 11.4. The smallest absolute Gasteiger partial charge is 0.245 e. The van der Waals surface area contributed by atoms with Gasteiger partial charge >= 0.3 is 0 Å². The molecule has 0 heterocycles. The molecule has 1 atom stereocenters. The van der Waals surface area contributed by atoms with Gasteiger partial charge in [0.1, 0.15) is 0 Å². The first-order chi connectivity index (χ1) is 7.47. The molecule has 0 saturated heterocycles. The predicted octanol–water partition coefficient (Wildman–Crippen LogP) is 1.96. The van der Waals surface area contributed by atoms with Gasteiger partial charge in [-0.3, -0.25) is 4.79 Å². The Kier molecular flexibility index (Phi) is 4.54. The molecule has 3 nitrogen and oxygen atoms in total. The minimum Gasteiger partial charge on any atom is -0.388 e. The van der Waals surface area contributed by atoms with E-state index in [0.29, 0.717) is 12.5 Å². The van der Waals surface area contributed by atoms with Gasteiger partial charge in [-0.2, -0.15) is 0 Å². The van der Waals surface area contributed by atoms with E-state index in [2.05, 4.69) is 6.58 Å². The number of amides is 1. The van der Waals surface area contributed by atoms with Crippen molar-refractivity contribution in [2.24, 2.45) is 5.92 Å². The lowest BCUT2D eigenvalue weighted by molar-refractivity contribution is -0.129. The van der Waals surface area contributed by atoms with Crippen LogP contribution in [0.4, 0.5) is 0 Å². The molecule has 1 unspecified atom stereocenters. The van der Waals surface area contributed by atoms with Crippen LogP contribution in [0.2, 0.25) is 0 Å². The monoisotopic (exact) mass is 225 g/mol. The number of aliphatic hydroxyl groups is 1. The molecule has 1 amide bonds. The second-order valence-corrected chi connectivity index (χ2v) is 5.09. The third-order valence-corrected chi connectivity index (χ3v) is 3.59. The summed E-state index contributed by atoms with van der Waals surface area (Å²) in [5, 5.41) is 10.4. The molecule has 0 aromatic rings. The average Bonchev–Trinajstić information content (AvgIpc) is 2.28. The quantitative estimate of drug-likeness (QED) is 0.743. The molecule has 1 fully saturated rings. The topological polar surface area (TPSA) is 40.5 Å². The third kappa shape index (κ3) is 3.34. The minimum atomic E-state index is -0.770. The van der Waals surface area contributed by atoms with Crippen molar-refractivity contribution >= 4 is 5.91 Å². The molecule has 1 rings (SSSR count). The second kappa shape index (κ2) is 5.48. The Hall–Kier alpha value is -0.830. The molecule has 16 heavy (non-hydrogen) atoms. The van der Waals surface area contributed by atoms with Gasteiger partial charge in [-0.05, 0) is 31.8 Å². The summed E-state index contributed by atoms with van der Waals surface area (Å²) in [7, 11) is 1.71. The molecule has 1 aliphatic rings. The van der Waals surface area contributed by atoms with E-state index in [9.17, 15) is 9.90 Å². The number of carbonyl (C=O) groups excluding carboxylic acids is 1. The van der Waals surface area contributed by atoms with Crippen LogP contribution in [0.1, 0.15) is 39.0 Å². The number of likely N-dealkylation sites (N-methyl/N-ethyl adjacent to an activating group) is 1. The molecular formula is C13H23NO2. The van der Waals surface area contributed by atoms with Crippen molar-refractivity contribution in [3.8, 4) is 0 Å². The highest BCUT2D eigenvalue weighted by Crippen LogP contribution is 2.32. The molecule has 1 saturated carbocycles. The molecule has 0 bridgehead atoms. The van der Waals surface area contributed by atoms with E-state index in [1.54, 1.807) is 11.9 Å². The van der Waals surface area contributed by atoms with Crippen LogP contribution in [0.15, 0.2) is 12.7 Å². The van der Waals surface area contributed by atoms with Crippen molar-refractivity contribution in [2.75, 3.05) is 13.6 Å². The number of nitrogens with zero attached hydrogens (tertiary/aromatic N) is 1. The van der Waals surface area contributed by atoms with Gasteiger partial charge in [0, 0.05) is 13.6 Å². The maximum atomic E-state index is 11.4. The number of rotatable bonds is 4. The summed E-state index contributed by atoms with van der Waals surface area (Å²) in [6.45, 7) is 5.69. The van der Waals surface area contributed by atoms with Crippen LogP contribution in [0.5, 0.6) is 0 Å². The van der Waals surface area contributed by atoms with Crippen molar-refractivity contribution in [1.29, 1.82) is 0 Å². The Balaban J connectivity index is 2.55. The molecule has 1 N–H and O–H groups in total. The Labute approximate surface area is 98.1 Å². The van der Waals surface area contributed by atoms with Crippen molar-refractivity contribution in [3.05, 3.63) is 12.7 Å². The van der Waals surface area contributed by atoms with E-state index >= 15 is 0 Å². The highest BCUT2D eigenvalue weighted by Gasteiger charge is 2.34. The Morgan fingerprint density at radius 1 is 1.50 bits per heavy atom. The van der Waals surface area contributed by atoms with E-state index in [1.807, 2.05) is 6.92 Å². The zero-order chi connectivity index (χ0) is 12.2. The van der Waals surface area contributed by atoms with Gasteiger partial charge in [-0.1, -0.05) is 25.8 Å². The fourth-order valence-corrected chi connectivity index (χ4v) is 2.57. The van der Waals surface area contributed by atoms with E-state index in [0.717, 1.165) is 12.8 Å². The van der Waals surface area contributed by atoms with Crippen molar-refractivity contribution in [3.63, 3.8) is 0 Å². The molecule has 3 heteroatoms. The molecule has 0 aliphatic heterocycles. The lowest BCUT2D eigenvalue weighted by Crippen LogP contribution is -2.47. The van der Waals surface area contributed by atoms with Crippen molar-refractivity contribution in [1.82, 2.24) is 4.90 Å².